The van der Waals surface area contributed by atoms with Crippen LogP contribution in [0.4, 0.5) is 0 Å². The van der Waals surface area contributed by atoms with Crippen molar-refractivity contribution < 1.29 is 9.53 Å². The van der Waals surface area contributed by atoms with Gasteiger partial charge >= 0.3 is 0 Å². The molecule has 19 heavy (non-hydrogen) atoms. The molecule has 1 saturated carbocycles. The fraction of sp³-hybridized carbons (Fsp3) is 0.933. The number of ether oxygens (including phenoxy) is 1. The van der Waals surface area contributed by atoms with Crippen molar-refractivity contribution in [3.8, 4) is 0 Å². The van der Waals surface area contributed by atoms with Crippen LogP contribution in [0.5, 0.6) is 0 Å². The van der Waals surface area contributed by atoms with E-state index in [9.17, 15) is 4.79 Å². The number of nitrogens with zero attached hydrogens (tertiary/aromatic N) is 1. The Balaban J connectivity index is 1.66. The number of rotatable bonds is 4. The zero-order chi connectivity index (χ0) is 13.3. The Morgan fingerprint density at radius 2 is 2.26 bits per heavy atom. The minimum absolute atomic E-state index is 0.180. The van der Waals surface area contributed by atoms with Crippen LogP contribution in [0.15, 0.2) is 0 Å². The van der Waals surface area contributed by atoms with Crippen LogP contribution < -0.4 is 5.32 Å². The van der Waals surface area contributed by atoms with Crippen molar-refractivity contribution >= 4 is 5.91 Å². The van der Waals surface area contributed by atoms with Crippen LogP contribution in [0, 0.1) is 11.3 Å². The summed E-state index contributed by atoms with van der Waals surface area (Å²) in [5.41, 5.74) is -0.180. The first kappa shape index (κ1) is 13.4. The van der Waals surface area contributed by atoms with Gasteiger partial charge in [0.2, 0.25) is 5.91 Å². The van der Waals surface area contributed by atoms with Gasteiger partial charge in [-0.2, -0.15) is 0 Å². The Morgan fingerprint density at radius 3 is 2.84 bits per heavy atom. The van der Waals surface area contributed by atoms with Crippen LogP contribution in [0.1, 0.15) is 39.0 Å². The third-order valence-electron chi connectivity index (χ3n) is 4.84. The Bertz CT molecular complexity index is 329. The lowest BCUT2D eigenvalue weighted by molar-refractivity contribution is -0.143. The molecule has 0 aromatic rings. The molecule has 2 saturated heterocycles. The molecule has 2 unspecified atom stereocenters. The molecular weight excluding hydrogens is 240 g/mol. The molecule has 0 spiro atoms. The maximum Gasteiger partial charge on any atom is 0.230 e. The second-order valence-corrected chi connectivity index (χ2v) is 6.76. The Kier molecular flexibility index (Phi) is 3.81. The smallest absolute Gasteiger partial charge is 0.230 e. The summed E-state index contributed by atoms with van der Waals surface area (Å²) in [5.74, 6) is 0.943. The highest BCUT2D eigenvalue weighted by Gasteiger charge is 2.43. The van der Waals surface area contributed by atoms with Gasteiger partial charge in [0.15, 0.2) is 0 Å². The molecule has 4 heteroatoms. The zero-order valence-corrected chi connectivity index (χ0v) is 12.0. The molecule has 3 aliphatic rings. The highest BCUT2D eigenvalue weighted by atomic mass is 16.5. The Labute approximate surface area is 115 Å². The molecule has 3 rings (SSSR count). The Morgan fingerprint density at radius 1 is 1.42 bits per heavy atom. The van der Waals surface area contributed by atoms with Gasteiger partial charge in [-0.05, 0) is 45.6 Å². The largest absolute Gasteiger partial charge is 0.381 e. The lowest BCUT2D eigenvalue weighted by Gasteiger charge is -2.38. The highest BCUT2D eigenvalue weighted by Crippen LogP contribution is 2.35. The first-order valence-electron chi connectivity index (χ1n) is 7.78. The average Bonchev–Trinajstić information content (AvgIpc) is 3.13. The van der Waals surface area contributed by atoms with E-state index in [0.29, 0.717) is 17.9 Å². The molecule has 0 aromatic carbocycles. The van der Waals surface area contributed by atoms with Gasteiger partial charge < -0.3 is 15.0 Å². The van der Waals surface area contributed by atoms with Gasteiger partial charge in [0.25, 0.3) is 0 Å². The summed E-state index contributed by atoms with van der Waals surface area (Å²) < 4.78 is 5.46. The molecule has 0 radical (unpaired) electrons. The van der Waals surface area contributed by atoms with Crippen molar-refractivity contribution in [1.82, 2.24) is 10.2 Å². The van der Waals surface area contributed by atoms with Gasteiger partial charge in [-0.3, -0.25) is 4.79 Å². The quantitative estimate of drug-likeness (QED) is 0.836. The van der Waals surface area contributed by atoms with Crippen molar-refractivity contribution in [1.29, 1.82) is 0 Å². The molecule has 3 fully saturated rings. The van der Waals surface area contributed by atoms with E-state index in [1.165, 1.54) is 12.8 Å². The van der Waals surface area contributed by atoms with Gasteiger partial charge in [0.1, 0.15) is 0 Å². The van der Waals surface area contributed by atoms with E-state index in [4.69, 9.17) is 4.74 Å². The molecule has 2 atom stereocenters. The van der Waals surface area contributed by atoms with Crippen LogP contribution >= 0.6 is 0 Å². The minimum Gasteiger partial charge on any atom is -0.381 e. The molecule has 0 bridgehead atoms. The van der Waals surface area contributed by atoms with E-state index in [1.807, 2.05) is 0 Å². The van der Waals surface area contributed by atoms with Gasteiger partial charge in [-0.15, -0.1) is 0 Å². The fourth-order valence-electron chi connectivity index (χ4n) is 3.37. The standard InChI is InChI=1S/C15H26N2O2/c1-15(6-2-7-16-11-15)14(18)17(13-3-4-13)9-12-5-8-19-10-12/h12-13,16H,2-11H2,1H3. The lowest BCUT2D eigenvalue weighted by atomic mass is 9.81. The van der Waals surface area contributed by atoms with Crippen LogP contribution in [0.25, 0.3) is 0 Å². The topological polar surface area (TPSA) is 41.6 Å². The van der Waals surface area contributed by atoms with Crippen molar-refractivity contribution in [3.63, 3.8) is 0 Å². The monoisotopic (exact) mass is 266 g/mol. The SMILES string of the molecule is CC1(C(=O)N(CC2CCOC2)C2CC2)CCCNC1. The summed E-state index contributed by atoms with van der Waals surface area (Å²) >= 11 is 0. The third-order valence-corrected chi connectivity index (χ3v) is 4.84. The summed E-state index contributed by atoms with van der Waals surface area (Å²) in [6.45, 7) is 6.67. The summed E-state index contributed by atoms with van der Waals surface area (Å²) in [5, 5.41) is 3.39. The average molecular weight is 266 g/mol. The van der Waals surface area contributed by atoms with E-state index in [0.717, 1.165) is 52.1 Å². The van der Waals surface area contributed by atoms with Gasteiger partial charge in [-0.1, -0.05) is 0 Å². The number of carbonyl (C=O) groups is 1. The van der Waals surface area contributed by atoms with Crippen LogP contribution in [0.2, 0.25) is 0 Å². The normalized spacial score (nSPS) is 35.3. The maximum absolute atomic E-state index is 12.9. The summed E-state index contributed by atoms with van der Waals surface area (Å²) in [4.78, 5) is 15.1. The molecule has 2 heterocycles. The van der Waals surface area contributed by atoms with E-state index in [1.54, 1.807) is 0 Å². The van der Waals surface area contributed by atoms with E-state index >= 15 is 0 Å². The molecule has 1 amide bonds. The number of amides is 1. The number of carbonyl (C=O) groups excluding carboxylic acids is 1. The summed E-state index contributed by atoms with van der Waals surface area (Å²) in [6, 6.07) is 0.520. The van der Waals surface area contributed by atoms with E-state index < -0.39 is 0 Å². The molecular formula is C15H26N2O2. The van der Waals surface area contributed by atoms with Crippen molar-refractivity contribution in [2.24, 2.45) is 11.3 Å². The van der Waals surface area contributed by atoms with Crippen LogP contribution in [0.3, 0.4) is 0 Å². The van der Waals surface area contributed by atoms with E-state index in [-0.39, 0.29) is 5.41 Å². The van der Waals surface area contributed by atoms with Crippen LogP contribution in [-0.4, -0.2) is 49.7 Å². The Hall–Kier alpha value is -0.610. The summed E-state index contributed by atoms with van der Waals surface area (Å²) in [7, 11) is 0. The predicted octanol–water partition coefficient (Wildman–Crippen LogP) is 1.40. The molecule has 1 aliphatic carbocycles. The number of hydrogen-bond acceptors (Lipinski definition) is 3. The predicted molar refractivity (Wildman–Crippen MR) is 73.9 cm³/mol. The first-order chi connectivity index (χ1) is 9.19. The van der Waals surface area contributed by atoms with Crippen molar-refractivity contribution in [2.75, 3.05) is 32.8 Å². The highest BCUT2D eigenvalue weighted by molar-refractivity contribution is 5.83. The summed E-state index contributed by atoms with van der Waals surface area (Å²) in [6.07, 6.45) is 5.66. The second kappa shape index (κ2) is 5.41. The zero-order valence-electron chi connectivity index (χ0n) is 12.0. The maximum atomic E-state index is 12.9. The number of piperidine rings is 1. The first-order valence-corrected chi connectivity index (χ1v) is 7.78. The van der Waals surface area contributed by atoms with Crippen molar-refractivity contribution in [3.05, 3.63) is 0 Å². The molecule has 4 nitrogen and oxygen atoms in total. The van der Waals surface area contributed by atoms with Gasteiger partial charge in [0.05, 0.1) is 12.0 Å². The van der Waals surface area contributed by atoms with E-state index in [2.05, 4.69) is 17.1 Å². The number of nitrogens with one attached hydrogen (secondary N) is 1. The molecule has 1 N–H and O–H groups in total. The fourth-order valence-corrected chi connectivity index (χ4v) is 3.37. The second-order valence-electron chi connectivity index (χ2n) is 6.76. The van der Waals surface area contributed by atoms with Crippen LogP contribution in [-0.2, 0) is 9.53 Å². The van der Waals surface area contributed by atoms with Crippen molar-refractivity contribution in [2.45, 2.75) is 45.1 Å². The molecule has 0 aromatic heterocycles. The van der Waals surface area contributed by atoms with Gasteiger partial charge in [0, 0.05) is 31.7 Å². The third kappa shape index (κ3) is 2.95. The minimum atomic E-state index is -0.180. The lowest BCUT2D eigenvalue weighted by Crippen LogP contribution is -2.52. The van der Waals surface area contributed by atoms with Gasteiger partial charge in [-0.25, -0.2) is 0 Å². The molecule has 2 aliphatic heterocycles. The number of hydrogen-bond donors (Lipinski definition) is 1. The molecule has 108 valence electrons.